The van der Waals surface area contributed by atoms with Crippen molar-refractivity contribution in [2.75, 3.05) is 27.3 Å². The molecule has 0 bridgehead atoms. The van der Waals surface area contributed by atoms with Crippen molar-refractivity contribution in [3.63, 3.8) is 0 Å². The minimum atomic E-state index is -0.250. The largest absolute Gasteiger partial charge is 0.497 e. The van der Waals surface area contributed by atoms with E-state index in [0.29, 0.717) is 5.56 Å². The van der Waals surface area contributed by atoms with Gasteiger partial charge in [0.15, 0.2) is 5.78 Å². The van der Waals surface area contributed by atoms with Crippen LogP contribution in [0.15, 0.2) is 48.5 Å². The summed E-state index contributed by atoms with van der Waals surface area (Å²) in [4.78, 5) is 15.6. The highest BCUT2D eigenvalue weighted by Crippen LogP contribution is 2.30. The van der Waals surface area contributed by atoms with Crippen molar-refractivity contribution in [3.05, 3.63) is 59.7 Å². The van der Waals surface area contributed by atoms with Gasteiger partial charge in [0, 0.05) is 5.56 Å². The van der Waals surface area contributed by atoms with Gasteiger partial charge in [0.2, 0.25) is 0 Å². The van der Waals surface area contributed by atoms with Crippen molar-refractivity contribution in [1.82, 2.24) is 4.90 Å². The lowest BCUT2D eigenvalue weighted by Gasteiger charge is -2.34. The molecule has 5 heteroatoms. The summed E-state index contributed by atoms with van der Waals surface area (Å²) < 4.78 is 10.5. The molecule has 0 spiro atoms. The molecule has 1 saturated heterocycles. The summed E-state index contributed by atoms with van der Waals surface area (Å²) in [5.74, 6) is 1.70. The molecule has 3 rings (SSSR count). The second-order valence-electron chi connectivity index (χ2n) is 6.37. The molecule has 0 N–H and O–H groups in total. The third-order valence-corrected chi connectivity index (χ3v) is 4.81. The monoisotopic (exact) mass is 375 g/mol. The summed E-state index contributed by atoms with van der Waals surface area (Å²) in [5, 5.41) is 0. The Hall–Kier alpha value is -2.04. The summed E-state index contributed by atoms with van der Waals surface area (Å²) in [6.07, 6.45) is 3.52. The fourth-order valence-electron chi connectivity index (χ4n) is 3.40. The molecule has 140 valence electrons. The summed E-state index contributed by atoms with van der Waals surface area (Å²) in [6, 6.07) is 15.0. The lowest BCUT2D eigenvalue weighted by Crippen LogP contribution is -2.38. The SMILES string of the molecule is COc1ccc(C(=O)C(c2ccc(OC)cc2)N2CCCCC2)cc1.Cl. The number of hydrogen-bond acceptors (Lipinski definition) is 4. The molecule has 1 unspecified atom stereocenters. The number of ketones is 1. The number of carbonyl (C=O) groups excluding carboxylic acids is 1. The molecule has 1 fully saturated rings. The van der Waals surface area contributed by atoms with Gasteiger partial charge < -0.3 is 9.47 Å². The standard InChI is InChI=1S/C21H25NO3.ClH/c1-24-18-10-6-16(7-11-18)20(22-14-4-3-5-15-22)21(23)17-8-12-19(25-2)13-9-17;/h6-13,20H,3-5,14-15H2,1-2H3;1H. The van der Waals surface area contributed by atoms with Gasteiger partial charge in [0.05, 0.1) is 20.3 Å². The molecule has 1 atom stereocenters. The third-order valence-electron chi connectivity index (χ3n) is 4.81. The van der Waals surface area contributed by atoms with Crippen LogP contribution in [0, 0.1) is 0 Å². The number of Topliss-reactive ketones (excluding diaryl/α,β-unsaturated/α-hetero) is 1. The van der Waals surface area contributed by atoms with Gasteiger partial charge in [0.1, 0.15) is 11.5 Å². The number of halogens is 1. The van der Waals surface area contributed by atoms with Crippen molar-refractivity contribution in [2.24, 2.45) is 0 Å². The zero-order valence-corrected chi connectivity index (χ0v) is 16.1. The number of carbonyl (C=O) groups is 1. The summed E-state index contributed by atoms with van der Waals surface area (Å²) in [5.41, 5.74) is 1.73. The van der Waals surface area contributed by atoms with E-state index in [1.54, 1.807) is 14.2 Å². The lowest BCUT2D eigenvalue weighted by molar-refractivity contribution is 0.0782. The van der Waals surface area contributed by atoms with Gasteiger partial charge in [-0.3, -0.25) is 9.69 Å². The quantitative estimate of drug-likeness (QED) is 0.695. The van der Waals surface area contributed by atoms with Gasteiger partial charge in [-0.1, -0.05) is 18.6 Å². The molecule has 2 aromatic rings. The van der Waals surface area contributed by atoms with Crippen LogP contribution in [-0.2, 0) is 0 Å². The summed E-state index contributed by atoms with van der Waals surface area (Å²) >= 11 is 0. The minimum absolute atomic E-state index is 0. The molecule has 4 nitrogen and oxygen atoms in total. The van der Waals surface area contributed by atoms with Gasteiger partial charge in [-0.25, -0.2) is 0 Å². The average Bonchev–Trinajstić information content (AvgIpc) is 2.69. The van der Waals surface area contributed by atoms with E-state index in [2.05, 4.69) is 4.90 Å². The van der Waals surface area contributed by atoms with Crippen LogP contribution in [-0.4, -0.2) is 38.0 Å². The molecule has 0 aliphatic carbocycles. The van der Waals surface area contributed by atoms with Crippen LogP contribution >= 0.6 is 12.4 Å². The molecule has 26 heavy (non-hydrogen) atoms. The number of nitrogens with zero attached hydrogens (tertiary/aromatic N) is 1. The maximum Gasteiger partial charge on any atom is 0.184 e. The van der Waals surface area contributed by atoms with E-state index in [0.717, 1.165) is 43.0 Å². The molecule has 1 aliphatic rings. The van der Waals surface area contributed by atoms with Gasteiger partial charge in [-0.15, -0.1) is 12.4 Å². The van der Waals surface area contributed by atoms with Crippen LogP contribution in [0.25, 0.3) is 0 Å². The molecule has 2 aromatic carbocycles. The Morgan fingerprint density at radius 3 is 1.85 bits per heavy atom. The van der Waals surface area contributed by atoms with Gasteiger partial charge >= 0.3 is 0 Å². The first-order valence-electron chi connectivity index (χ1n) is 8.79. The Labute approximate surface area is 161 Å². The number of methoxy groups -OCH3 is 2. The first kappa shape index (κ1) is 20.3. The number of likely N-dealkylation sites (tertiary alicyclic amines) is 1. The van der Waals surface area contributed by atoms with E-state index in [1.165, 1.54) is 6.42 Å². The number of hydrogen-bond donors (Lipinski definition) is 0. The zero-order chi connectivity index (χ0) is 17.6. The molecule has 1 heterocycles. The summed E-state index contributed by atoms with van der Waals surface area (Å²) in [6.45, 7) is 1.91. The predicted molar refractivity (Wildman–Crippen MR) is 106 cm³/mol. The fourth-order valence-corrected chi connectivity index (χ4v) is 3.40. The second-order valence-corrected chi connectivity index (χ2v) is 6.37. The third kappa shape index (κ3) is 4.57. The highest BCUT2D eigenvalue weighted by Gasteiger charge is 2.29. The zero-order valence-electron chi connectivity index (χ0n) is 15.3. The molecular weight excluding hydrogens is 350 g/mol. The molecule has 1 aliphatic heterocycles. The highest BCUT2D eigenvalue weighted by molar-refractivity contribution is 6.00. The fraction of sp³-hybridized carbons (Fsp3) is 0.381. The molecule has 0 saturated carbocycles. The van der Waals surface area contributed by atoms with Crippen molar-refractivity contribution in [3.8, 4) is 11.5 Å². The Balaban J connectivity index is 0.00000243. The Morgan fingerprint density at radius 1 is 0.846 bits per heavy atom. The van der Waals surface area contributed by atoms with Gasteiger partial charge in [-0.05, 0) is 67.9 Å². The van der Waals surface area contributed by atoms with Crippen molar-refractivity contribution < 1.29 is 14.3 Å². The van der Waals surface area contributed by atoms with Crippen molar-refractivity contribution in [1.29, 1.82) is 0 Å². The number of piperidine rings is 1. The Kier molecular flexibility index (Phi) is 7.49. The van der Waals surface area contributed by atoms with Crippen LogP contribution in [0.3, 0.4) is 0 Å². The normalized spacial score (nSPS) is 15.6. The number of rotatable bonds is 6. The second kappa shape index (κ2) is 9.60. The van der Waals surface area contributed by atoms with E-state index in [9.17, 15) is 4.79 Å². The van der Waals surface area contributed by atoms with E-state index in [-0.39, 0.29) is 24.2 Å². The molecule has 0 amide bonds. The van der Waals surface area contributed by atoms with Crippen LogP contribution in [0.2, 0.25) is 0 Å². The maximum absolute atomic E-state index is 13.3. The van der Waals surface area contributed by atoms with Crippen LogP contribution < -0.4 is 9.47 Å². The number of ether oxygens (including phenoxy) is 2. The van der Waals surface area contributed by atoms with E-state index >= 15 is 0 Å². The van der Waals surface area contributed by atoms with Crippen LogP contribution in [0.5, 0.6) is 11.5 Å². The number of benzene rings is 2. The van der Waals surface area contributed by atoms with E-state index in [1.807, 2.05) is 48.5 Å². The van der Waals surface area contributed by atoms with Crippen LogP contribution in [0.4, 0.5) is 0 Å². The van der Waals surface area contributed by atoms with Gasteiger partial charge in [-0.2, -0.15) is 0 Å². The van der Waals surface area contributed by atoms with E-state index < -0.39 is 0 Å². The molecule has 0 aromatic heterocycles. The first-order chi connectivity index (χ1) is 12.2. The molecular formula is C21H26ClNO3. The summed E-state index contributed by atoms with van der Waals surface area (Å²) in [7, 11) is 3.28. The topological polar surface area (TPSA) is 38.8 Å². The minimum Gasteiger partial charge on any atom is -0.497 e. The maximum atomic E-state index is 13.3. The smallest absolute Gasteiger partial charge is 0.184 e. The van der Waals surface area contributed by atoms with Crippen molar-refractivity contribution >= 4 is 18.2 Å². The Bertz CT molecular complexity index is 694. The van der Waals surface area contributed by atoms with Gasteiger partial charge in [0.25, 0.3) is 0 Å². The Morgan fingerprint density at radius 2 is 1.35 bits per heavy atom. The molecule has 0 radical (unpaired) electrons. The first-order valence-corrected chi connectivity index (χ1v) is 8.79. The van der Waals surface area contributed by atoms with Crippen LogP contribution in [0.1, 0.15) is 41.2 Å². The average molecular weight is 376 g/mol. The lowest BCUT2D eigenvalue weighted by atomic mass is 9.94. The van der Waals surface area contributed by atoms with E-state index in [4.69, 9.17) is 9.47 Å². The highest BCUT2D eigenvalue weighted by atomic mass is 35.5. The predicted octanol–water partition coefficient (Wildman–Crippen LogP) is 4.54. The van der Waals surface area contributed by atoms with Crippen molar-refractivity contribution in [2.45, 2.75) is 25.3 Å².